The molecule has 1 aromatic rings. The summed E-state index contributed by atoms with van der Waals surface area (Å²) < 4.78 is 34.3. The number of furan rings is 1. The molecule has 0 spiro atoms. The maximum Gasteiger partial charge on any atom is 0.258 e. The number of amides is 1. The van der Waals surface area contributed by atoms with Crippen LogP contribution in [0, 0.1) is 13.8 Å². The molecule has 0 bridgehead atoms. The van der Waals surface area contributed by atoms with Gasteiger partial charge in [0.05, 0.1) is 12.2 Å². The van der Waals surface area contributed by atoms with Crippen LogP contribution in [0.15, 0.2) is 9.31 Å². The normalized spacial score (nSPS) is 23.4. The first-order chi connectivity index (χ1) is 9.61. The van der Waals surface area contributed by atoms with Gasteiger partial charge in [-0.3, -0.25) is 4.79 Å². The van der Waals surface area contributed by atoms with Crippen molar-refractivity contribution in [2.45, 2.75) is 44.8 Å². The number of sulfonamides is 1. The van der Waals surface area contributed by atoms with Gasteiger partial charge < -0.3 is 14.1 Å². The summed E-state index contributed by atoms with van der Waals surface area (Å²) in [4.78, 5) is 14.0. The Hall–Kier alpha value is -1.38. The average molecular weight is 316 g/mol. The fourth-order valence-electron chi connectivity index (χ4n) is 2.76. The minimum absolute atomic E-state index is 0.0244. The van der Waals surface area contributed by atoms with E-state index in [1.807, 2.05) is 13.8 Å². The third-order valence-corrected chi connectivity index (χ3v) is 4.47. The number of nitrogens with two attached hydrogens (primary N) is 1. The number of morpholine rings is 1. The Bertz CT molecular complexity index is 654. The monoisotopic (exact) mass is 316 g/mol. The van der Waals surface area contributed by atoms with Crippen LogP contribution in [0.25, 0.3) is 0 Å². The molecule has 1 aliphatic heterocycles. The van der Waals surface area contributed by atoms with Crippen LogP contribution in [0.4, 0.5) is 0 Å². The van der Waals surface area contributed by atoms with Crippen LogP contribution in [0.3, 0.4) is 0 Å². The van der Waals surface area contributed by atoms with E-state index >= 15 is 0 Å². The SMILES string of the molecule is Cc1oc(C)c(S(N)(=O)=O)c1C(=O)N1C[C@@H](C)O[C@H](C)C1. The molecule has 1 saturated heterocycles. The van der Waals surface area contributed by atoms with Crippen molar-refractivity contribution >= 4 is 15.9 Å². The Morgan fingerprint density at radius 2 is 1.71 bits per heavy atom. The van der Waals surface area contributed by atoms with Crippen LogP contribution in [0.5, 0.6) is 0 Å². The molecule has 8 heteroatoms. The molecule has 2 heterocycles. The largest absolute Gasteiger partial charge is 0.464 e. The fourth-order valence-corrected chi connectivity index (χ4v) is 3.71. The van der Waals surface area contributed by atoms with Crippen LogP contribution >= 0.6 is 0 Å². The first-order valence-corrected chi connectivity index (χ1v) is 8.23. The maximum absolute atomic E-state index is 12.7. The number of carbonyl (C=O) groups excluding carboxylic acids is 1. The van der Waals surface area contributed by atoms with Crippen molar-refractivity contribution in [3.8, 4) is 0 Å². The maximum atomic E-state index is 12.7. The molecular formula is C13H20N2O5S. The van der Waals surface area contributed by atoms with Gasteiger partial charge in [0, 0.05) is 13.1 Å². The van der Waals surface area contributed by atoms with Crippen LogP contribution in [-0.2, 0) is 14.8 Å². The van der Waals surface area contributed by atoms with Gasteiger partial charge in [0.2, 0.25) is 10.0 Å². The van der Waals surface area contributed by atoms with Crippen molar-refractivity contribution in [1.29, 1.82) is 0 Å². The van der Waals surface area contributed by atoms with E-state index in [1.54, 1.807) is 11.8 Å². The lowest BCUT2D eigenvalue weighted by Gasteiger charge is -2.35. The quantitative estimate of drug-likeness (QED) is 0.869. The second-order valence-electron chi connectivity index (χ2n) is 5.43. The van der Waals surface area contributed by atoms with E-state index in [0.29, 0.717) is 13.1 Å². The third kappa shape index (κ3) is 3.12. The van der Waals surface area contributed by atoms with E-state index in [4.69, 9.17) is 14.3 Å². The molecule has 0 aliphatic carbocycles. The predicted octanol–water partition coefficient (Wildman–Crippen LogP) is 0.793. The predicted molar refractivity (Wildman–Crippen MR) is 75.5 cm³/mol. The molecule has 0 unspecified atom stereocenters. The Kier molecular flexibility index (Phi) is 4.14. The van der Waals surface area contributed by atoms with Crippen molar-refractivity contribution in [3.63, 3.8) is 0 Å². The fraction of sp³-hybridized carbons (Fsp3) is 0.615. The molecule has 0 radical (unpaired) electrons. The number of nitrogens with zero attached hydrogens (tertiary/aromatic N) is 1. The van der Waals surface area contributed by atoms with Crippen molar-refractivity contribution in [3.05, 3.63) is 17.1 Å². The van der Waals surface area contributed by atoms with E-state index in [1.165, 1.54) is 6.92 Å². The van der Waals surface area contributed by atoms with Gasteiger partial charge in [-0.05, 0) is 27.7 Å². The van der Waals surface area contributed by atoms with E-state index in [2.05, 4.69) is 0 Å². The lowest BCUT2D eigenvalue weighted by atomic mass is 10.1. The third-order valence-electron chi connectivity index (χ3n) is 3.41. The summed E-state index contributed by atoms with van der Waals surface area (Å²) in [5, 5.41) is 5.21. The van der Waals surface area contributed by atoms with Gasteiger partial charge in [0.15, 0.2) is 0 Å². The van der Waals surface area contributed by atoms with Gasteiger partial charge in [-0.15, -0.1) is 0 Å². The van der Waals surface area contributed by atoms with Crippen molar-refractivity contribution in [2.75, 3.05) is 13.1 Å². The summed E-state index contributed by atoms with van der Waals surface area (Å²) in [5.41, 5.74) is 0.0244. The highest BCUT2D eigenvalue weighted by atomic mass is 32.2. The molecular weight excluding hydrogens is 296 g/mol. The second kappa shape index (κ2) is 5.43. The first kappa shape index (κ1) is 16.0. The minimum Gasteiger partial charge on any atom is -0.464 e. The zero-order valence-corrected chi connectivity index (χ0v) is 13.4. The summed E-state index contributed by atoms with van der Waals surface area (Å²) in [6.07, 6.45) is -0.215. The molecule has 21 heavy (non-hydrogen) atoms. The van der Waals surface area contributed by atoms with Crippen LogP contribution in [0.1, 0.15) is 35.7 Å². The smallest absolute Gasteiger partial charge is 0.258 e. The molecule has 1 aliphatic rings. The molecule has 2 N–H and O–H groups in total. The molecule has 0 aromatic carbocycles. The molecule has 1 aromatic heterocycles. The topological polar surface area (TPSA) is 103 Å². The van der Waals surface area contributed by atoms with Gasteiger partial charge in [0.1, 0.15) is 22.0 Å². The van der Waals surface area contributed by atoms with Crippen molar-refractivity contribution in [1.82, 2.24) is 4.90 Å². The Balaban J connectivity index is 2.45. The van der Waals surface area contributed by atoms with Crippen LogP contribution in [-0.4, -0.2) is 44.5 Å². The number of rotatable bonds is 2. The summed E-state index contributed by atoms with van der Waals surface area (Å²) in [6.45, 7) is 7.57. The molecule has 1 amide bonds. The Morgan fingerprint density at radius 1 is 1.19 bits per heavy atom. The highest BCUT2D eigenvalue weighted by molar-refractivity contribution is 7.89. The van der Waals surface area contributed by atoms with Crippen LogP contribution in [0.2, 0.25) is 0 Å². The molecule has 2 atom stereocenters. The lowest BCUT2D eigenvalue weighted by molar-refractivity contribution is -0.0587. The average Bonchev–Trinajstić information content (AvgIpc) is 2.61. The molecule has 7 nitrogen and oxygen atoms in total. The molecule has 0 saturated carbocycles. The number of aryl methyl sites for hydroxylation is 2. The number of ether oxygens (including phenoxy) is 1. The highest BCUT2D eigenvalue weighted by Gasteiger charge is 2.34. The van der Waals surface area contributed by atoms with E-state index < -0.39 is 15.9 Å². The van der Waals surface area contributed by atoms with Gasteiger partial charge in [0.25, 0.3) is 5.91 Å². The first-order valence-electron chi connectivity index (χ1n) is 6.68. The van der Waals surface area contributed by atoms with Gasteiger partial charge >= 0.3 is 0 Å². The Morgan fingerprint density at radius 3 is 2.19 bits per heavy atom. The van der Waals surface area contributed by atoms with Crippen molar-refractivity contribution in [2.24, 2.45) is 5.14 Å². The van der Waals surface area contributed by atoms with Gasteiger partial charge in [-0.25, -0.2) is 13.6 Å². The van der Waals surface area contributed by atoms with E-state index in [0.717, 1.165) is 0 Å². The summed E-state index contributed by atoms with van der Waals surface area (Å²) in [5.74, 6) is -0.00333. The summed E-state index contributed by atoms with van der Waals surface area (Å²) in [6, 6.07) is 0. The summed E-state index contributed by atoms with van der Waals surface area (Å²) in [7, 11) is -4.03. The van der Waals surface area contributed by atoms with Gasteiger partial charge in [-0.1, -0.05) is 0 Å². The van der Waals surface area contributed by atoms with E-state index in [-0.39, 0.29) is 34.2 Å². The zero-order chi connectivity index (χ0) is 15.9. The minimum atomic E-state index is -4.03. The van der Waals surface area contributed by atoms with Gasteiger partial charge in [-0.2, -0.15) is 0 Å². The number of primary sulfonamides is 1. The molecule has 2 rings (SSSR count). The molecule has 118 valence electrons. The molecule has 1 fully saturated rings. The van der Waals surface area contributed by atoms with Crippen molar-refractivity contribution < 1.29 is 22.4 Å². The Labute approximate surface area is 124 Å². The number of hydrogen-bond donors (Lipinski definition) is 1. The number of carbonyl (C=O) groups is 1. The highest BCUT2D eigenvalue weighted by Crippen LogP contribution is 2.27. The van der Waals surface area contributed by atoms with Crippen LogP contribution < -0.4 is 5.14 Å². The van der Waals surface area contributed by atoms with E-state index in [9.17, 15) is 13.2 Å². The zero-order valence-electron chi connectivity index (χ0n) is 12.5. The second-order valence-corrected chi connectivity index (χ2v) is 6.93. The number of hydrogen-bond acceptors (Lipinski definition) is 5. The lowest BCUT2D eigenvalue weighted by Crippen LogP contribution is -2.48. The standard InChI is InChI=1S/C13H20N2O5S/c1-7-5-15(6-8(2)19-7)13(16)11-9(3)20-10(4)12(11)21(14,17)18/h7-8H,5-6H2,1-4H3,(H2,14,17,18)/t7-,8-/m1/s1. The summed E-state index contributed by atoms with van der Waals surface area (Å²) >= 11 is 0.